The van der Waals surface area contributed by atoms with Gasteiger partial charge >= 0.3 is 0 Å². The van der Waals surface area contributed by atoms with E-state index >= 15 is 0 Å². The molecule has 22 rings (SSSR count). The highest BCUT2D eigenvalue weighted by Crippen LogP contribution is 2.38. The number of hydrogen-bond donors (Lipinski definition) is 19. The molecule has 0 aromatic heterocycles. The lowest BCUT2D eigenvalue weighted by Gasteiger charge is -2.51. The monoisotopic (exact) mass is 1050 g/mol. The Labute approximate surface area is 401 Å². The summed E-state index contributed by atoms with van der Waals surface area (Å²) in [4.78, 5) is 0. The highest BCUT2D eigenvalue weighted by molar-refractivity contribution is 5.01. The first-order chi connectivity index (χ1) is 33.7. The van der Waals surface area contributed by atoms with Gasteiger partial charge in [-0.15, -0.1) is 0 Å². The van der Waals surface area contributed by atoms with Crippen LogP contribution < -0.4 is 0 Å². The second-order valence-electron chi connectivity index (χ2n) is 18.1. The van der Waals surface area contributed by atoms with Gasteiger partial charge in [0.15, 0.2) is 44.0 Å². The van der Waals surface area contributed by atoms with Crippen LogP contribution in [0.5, 0.6) is 0 Å². The molecule has 414 valence electrons. The normalized spacial score (nSPS) is 53.2. The van der Waals surface area contributed by atoms with Crippen LogP contribution >= 0.6 is 0 Å². The topological polar surface area (TPSA) is 504 Å². The molecular weight excluding hydrogens is 980 g/mol. The number of ether oxygens (including phenoxy) is 13. The summed E-state index contributed by atoms with van der Waals surface area (Å²) in [6.45, 7) is -5.12. The molecule has 0 saturated carbocycles. The Balaban J connectivity index is 1.22. The van der Waals surface area contributed by atoms with E-state index < -0.39 is 236 Å². The predicted octanol–water partition coefficient (Wildman–Crippen LogP) is -13.3. The maximum absolute atomic E-state index is 11.7. The zero-order valence-corrected chi connectivity index (χ0v) is 37.5. The van der Waals surface area contributed by atoms with Crippen molar-refractivity contribution >= 4 is 0 Å². The molecule has 32 heteroatoms. The quantitative estimate of drug-likeness (QED) is 0.0954. The summed E-state index contributed by atoms with van der Waals surface area (Å²) < 4.78 is 74.2. The molecule has 22 saturated heterocycles. The molecule has 12 bridgehead atoms. The highest BCUT2D eigenvalue weighted by Gasteiger charge is 2.59. The first-order valence-corrected chi connectivity index (χ1v) is 22.7. The first kappa shape index (κ1) is 57.4. The molecule has 2 unspecified atom stereocenters. The van der Waals surface area contributed by atoms with E-state index in [4.69, 9.17) is 61.6 Å². The summed E-state index contributed by atoms with van der Waals surface area (Å²) in [5.41, 5.74) is 0. The van der Waals surface area contributed by atoms with Gasteiger partial charge in [0.05, 0.1) is 39.6 Å². The first-order valence-electron chi connectivity index (χ1n) is 22.7. The Morgan fingerprint density at radius 1 is 0.296 bits per heavy atom. The minimum absolute atomic E-state index is 1.01. The zero-order valence-electron chi connectivity index (χ0n) is 37.5. The molecule has 0 aliphatic carbocycles. The summed E-state index contributed by atoms with van der Waals surface area (Å²) in [5.74, 6) is 0. The summed E-state index contributed by atoms with van der Waals surface area (Å²) in [5, 5.41) is 208. The van der Waals surface area contributed by atoms with E-state index in [2.05, 4.69) is 0 Å². The molecule has 0 radical (unpaired) electrons. The van der Waals surface area contributed by atoms with Crippen molar-refractivity contribution in [1.29, 1.82) is 0 Å². The third-order valence-corrected chi connectivity index (χ3v) is 13.4. The Morgan fingerprint density at radius 3 is 0.704 bits per heavy atom. The number of hydrogen-bond acceptors (Lipinski definition) is 32. The van der Waals surface area contributed by atoms with Crippen LogP contribution in [0.4, 0.5) is 0 Å². The molecule has 32 nitrogen and oxygen atoms in total. The van der Waals surface area contributed by atoms with Gasteiger partial charge in [-0.25, -0.2) is 0 Å². The van der Waals surface area contributed by atoms with Crippen LogP contribution in [-0.4, -0.2) is 333 Å². The molecule has 32 atom stereocenters. The smallest absolute Gasteiger partial charge is 0.187 e. The highest BCUT2D eigenvalue weighted by atomic mass is 16.8. The van der Waals surface area contributed by atoms with Crippen molar-refractivity contribution in [2.24, 2.45) is 0 Å². The maximum Gasteiger partial charge on any atom is 0.187 e. The van der Waals surface area contributed by atoms with Crippen molar-refractivity contribution in [2.75, 3.05) is 39.6 Å². The molecule has 0 aromatic carbocycles. The minimum atomic E-state index is -2.22. The molecule has 22 fully saturated rings. The van der Waals surface area contributed by atoms with Crippen LogP contribution in [0, 0.1) is 0 Å². The average Bonchev–Trinajstić information content (AvgIpc) is 3.35. The van der Waals surface area contributed by atoms with E-state index in [1.165, 1.54) is 0 Å². The van der Waals surface area contributed by atoms with Gasteiger partial charge in [0, 0.05) is 0 Å². The molecule has 19 N–H and O–H groups in total. The average molecular weight is 1050 g/mol. The second kappa shape index (κ2) is 24.4. The lowest BCUT2D eigenvalue weighted by atomic mass is 9.94. The summed E-state index contributed by atoms with van der Waals surface area (Å²) >= 11 is 0. The largest absolute Gasteiger partial charge is 0.394 e. The summed E-state index contributed by atoms with van der Waals surface area (Å²) in [6, 6.07) is 0. The molecular formula is C39H66O32. The van der Waals surface area contributed by atoms with Crippen LogP contribution in [0.25, 0.3) is 0 Å². The third-order valence-electron chi connectivity index (χ3n) is 13.4. The molecule has 71 heavy (non-hydrogen) atoms. The molecule has 0 aromatic rings. The van der Waals surface area contributed by atoms with Gasteiger partial charge in [-0.2, -0.15) is 0 Å². The third kappa shape index (κ3) is 11.6. The molecule has 22 aliphatic heterocycles. The molecule has 22 aliphatic rings. The van der Waals surface area contributed by atoms with Gasteiger partial charge in [-0.1, -0.05) is 0 Å². The lowest BCUT2D eigenvalue weighted by molar-refractivity contribution is -0.407. The van der Waals surface area contributed by atoms with Crippen molar-refractivity contribution in [3.05, 3.63) is 0 Å². The SMILES string of the molecule is CC(O)C(O)O[C@@H]1[C@@H](O)[C@H]2O[C@H]3[C@H](O)[C@@H](O)[C@@H](O[C@H]4[C@H](O)[C@@H](O)[C@@H](O[C@H]5[C@H](O)[C@@H](O)[C@@H](O[C@H]6[C@H](O)[C@@H](O)[C@@H](O[C@H]7[C@H](O)[C@@H](O)[C@@H](O[C@H]1[C@@H](CO)O2)O[C@@H]7CO)O[C@@H]6CO)O[C@@H]5CO)O[C@@H]4CO)O[C@@H]3CO. The summed E-state index contributed by atoms with van der Waals surface area (Å²) in [7, 11) is 0. The Bertz CT molecular complexity index is 1630. The van der Waals surface area contributed by atoms with Gasteiger partial charge in [0.25, 0.3) is 0 Å². The van der Waals surface area contributed by atoms with Crippen molar-refractivity contribution in [2.45, 2.75) is 204 Å². The van der Waals surface area contributed by atoms with E-state index in [-0.39, 0.29) is 0 Å². The Kier molecular flexibility index (Phi) is 19.7. The molecule has 0 spiro atoms. The second-order valence-corrected chi connectivity index (χ2v) is 18.1. The fourth-order valence-electron chi connectivity index (χ4n) is 9.34. The van der Waals surface area contributed by atoms with E-state index in [1.807, 2.05) is 0 Å². The zero-order chi connectivity index (χ0) is 51.9. The van der Waals surface area contributed by atoms with Crippen LogP contribution in [0.2, 0.25) is 0 Å². The number of aliphatic hydroxyl groups is 19. The van der Waals surface area contributed by atoms with Crippen LogP contribution in [0.1, 0.15) is 6.92 Å². The van der Waals surface area contributed by atoms with Gasteiger partial charge in [0.1, 0.15) is 153 Å². The van der Waals surface area contributed by atoms with Crippen molar-refractivity contribution in [3.63, 3.8) is 0 Å². The van der Waals surface area contributed by atoms with E-state index in [1.54, 1.807) is 0 Å². The van der Waals surface area contributed by atoms with Crippen molar-refractivity contribution in [1.82, 2.24) is 0 Å². The van der Waals surface area contributed by atoms with E-state index in [0.29, 0.717) is 0 Å². The van der Waals surface area contributed by atoms with Gasteiger partial charge in [0.2, 0.25) is 0 Å². The lowest BCUT2D eigenvalue weighted by Crippen LogP contribution is -2.69. The van der Waals surface area contributed by atoms with Crippen LogP contribution in [0.3, 0.4) is 0 Å². The fraction of sp³-hybridized carbons (Fsp3) is 1.00. The standard InChI is InChI=1S/C39H66O32/c1-8(46)33(58)65-32-25(57)39-64-14(7-45)31(32)71-38-24(56)19(51)29(12(5-43)63-38)69-36-22(54)17(49)27(10(3-41)61-36)67-34-20(52)15(47)26(9(2-40)59-34)66-35-21(53)16(48)28(11(4-42)60-35)68-37-23(55)18(50)30(70-39)13(6-44)62-37/h8-58H,2-7H2,1H3/t8?,9-,10-,11-,12-,13-,14-,15-,16-,17-,18-,19-,20-,21-,22-,23-,24-,25-,26-,27-,28-,29-,30-,31+,32-,33?,34-,35-,36-,37-,38-,39-/m1/s1. The summed E-state index contributed by atoms with van der Waals surface area (Å²) in [6.07, 6.45) is -63.5. The van der Waals surface area contributed by atoms with Crippen molar-refractivity contribution in [3.8, 4) is 0 Å². The maximum atomic E-state index is 11.7. The Hall–Kier alpha value is -1.28. The molecule has 22 heterocycles. The van der Waals surface area contributed by atoms with Gasteiger partial charge in [-0.3, -0.25) is 0 Å². The van der Waals surface area contributed by atoms with E-state index in [0.717, 1.165) is 6.92 Å². The van der Waals surface area contributed by atoms with Gasteiger partial charge in [-0.05, 0) is 6.92 Å². The van der Waals surface area contributed by atoms with Crippen LogP contribution in [0.15, 0.2) is 0 Å². The van der Waals surface area contributed by atoms with Crippen LogP contribution in [-0.2, 0) is 61.6 Å². The number of rotatable bonds is 9. The Morgan fingerprint density at radius 2 is 0.493 bits per heavy atom. The number of aliphatic hydroxyl groups excluding tert-OH is 19. The predicted molar refractivity (Wildman–Crippen MR) is 212 cm³/mol. The fourth-order valence-corrected chi connectivity index (χ4v) is 9.34. The minimum Gasteiger partial charge on any atom is -0.394 e. The van der Waals surface area contributed by atoms with E-state index in [9.17, 15) is 97.0 Å². The molecule has 0 amide bonds. The van der Waals surface area contributed by atoms with Crippen molar-refractivity contribution < 1.29 is 159 Å². The van der Waals surface area contributed by atoms with Gasteiger partial charge < -0.3 is 159 Å².